The van der Waals surface area contributed by atoms with Gasteiger partial charge in [-0.3, -0.25) is 4.90 Å². The topological polar surface area (TPSA) is 55.8 Å². The summed E-state index contributed by atoms with van der Waals surface area (Å²) in [5.74, 6) is 0. The molecule has 0 radical (unpaired) electrons. The number of piperidine rings is 1. The third kappa shape index (κ3) is 5.13. The fourth-order valence-corrected chi connectivity index (χ4v) is 3.32. The number of likely N-dealkylation sites (tertiary alicyclic amines) is 1. The molecule has 0 aromatic rings. The number of carbonyl (C=O) groups excluding carboxylic acids is 1. The minimum Gasteiger partial charge on any atom is -0.396 e. The van der Waals surface area contributed by atoms with Crippen LogP contribution in [0, 0.1) is 5.41 Å². The Hall–Kier alpha value is -0.810. The maximum Gasteiger partial charge on any atom is 0.317 e. The first-order chi connectivity index (χ1) is 10.3. The van der Waals surface area contributed by atoms with E-state index in [0.717, 1.165) is 38.9 Å². The lowest BCUT2D eigenvalue weighted by molar-refractivity contribution is 0.0517. The Morgan fingerprint density at radius 1 is 1.23 bits per heavy atom. The van der Waals surface area contributed by atoms with Gasteiger partial charge < -0.3 is 15.3 Å². The van der Waals surface area contributed by atoms with Crippen LogP contribution in [0.1, 0.15) is 53.9 Å². The number of aliphatic hydroxyl groups excluding tert-OH is 1. The van der Waals surface area contributed by atoms with Gasteiger partial charge in [0, 0.05) is 44.9 Å². The van der Waals surface area contributed by atoms with Gasteiger partial charge in [0.1, 0.15) is 0 Å². The lowest BCUT2D eigenvalue weighted by Gasteiger charge is -2.40. The van der Waals surface area contributed by atoms with Gasteiger partial charge in [-0.2, -0.15) is 0 Å². The Labute approximate surface area is 136 Å². The zero-order valence-electron chi connectivity index (χ0n) is 15.1. The highest BCUT2D eigenvalue weighted by Crippen LogP contribution is 2.34. The molecule has 0 spiro atoms. The first-order valence-corrected chi connectivity index (χ1v) is 8.74. The van der Waals surface area contributed by atoms with Crippen LogP contribution in [0.2, 0.25) is 0 Å². The number of hydrogen-bond acceptors (Lipinski definition) is 3. The molecular weight excluding hydrogens is 278 g/mol. The molecule has 5 heteroatoms. The summed E-state index contributed by atoms with van der Waals surface area (Å²) in [4.78, 5) is 16.5. The van der Waals surface area contributed by atoms with Gasteiger partial charge in [-0.25, -0.2) is 4.79 Å². The quantitative estimate of drug-likeness (QED) is 0.758. The summed E-state index contributed by atoms with van der Waals surface area (Å²) in [6, 6.07) is 1.01. The van der Waals surface area contributed by atoms with E-state index < -0.39 is 0 Å². The van der Waals surface area contributed by atoms with Crippen molar-refractivity contribution in [2.24, 2.45) is 5.41 Å². The number of urea groups is 1. The number of rotatable bonds is 7. The smallest absolute Gasteiger partial charge is 0.317 e. The molecule has 1 rings (SSSR count). The maximum absolute atomic E-state index is 12.2. The molecule has 1 heterocycles. The number of carbonyl (C=O) groups is 1. The molecule has 2 N–H and O–H groups in total. The second-order valence-corrected chi connectivity index (χ2v) is 7.16. The van der Waals surface area contributed by atoms with E-state index in [4.69, 9.17) is 0 Å². The Morgan fingerprint density at radius 3 is 2.18 bits per heavy atom. The van der Waals surface area contributed by atoms with Crippen molar-refractivity contribution in [1.82, 2.24) is 15.1 Å². The summed E-state index contributed by atoms with van der Waals surface area (Å²) < 4.78 is 0. The van der Waals surface area contributed by atoms with Crippen LogP contribution in [0.4, 0.5) is 4.79 Å². The molecule has 5 nitrogen and oxygen atoms in total. The summed E-state index contributed by atoms with van der Waals surface area (Å²) >= 11 is 0. The predicted octanol–water partition coefficient (Wildman–Crippen LogP) is 2.30. The maximum atomic E-state index is 12.2. The zero-order chi connectivity index (χ0) is 16.8. The molecule has 22 heavy (non-hydrogen) atoms. The van der Waals surface area contributed by atoms with E-state index in [-0.39, 0.29) is 18.1 Å². The first-order valence-electron chi connectivity index (χ1n) is 8.74. The second-order valence-electron chi connectivity index (χ2n) is 7.16. The van der Waals surface area contributed by atoms with E-state index in [0.29, 0.717) is 18.6 Å². The van der Waals surface area contributed by atoms with Crippen molar-refractivity contribution in [3.8, 4) is 0 Å². The molecule has 1 saturated heterocycles. The van der Waals surface area contributed by atoms with Crippen molar-refractivity contribution >= 4 is 6.03 Å². The number of aliphatic hydroxyl groups is 1. The molecule has 0 saturated carbocycles. The average Bonchev–Trinajstić information content (AvgIpc) is 2.50. The van der Waals surface area contributed by atoms with Crippen molar-refractivity contribution in [3.05, 3.63) is 0 Å². The van der Waals surface area contributed by atoms with Crippen LogP contribution < -0.4 is 5.32 Å². The van der Waals surface area contributed by atoms with Gasteiger partial charge in [-0.15, -0.1) is 0 Å². The van der Waals surface area contributed by atoms with Crippen LogP contribution in [0.5, 0.6) is 0 Å². The van der Waals surface area contributed by atoms with Crippen LogP contribution in [0.3, 0.4) is 0 Å². The van der Waals surface area contributed by atoms with Gasteiger partial charge in [0.05, 0.1) is 0 Å². The monoisotopic (exact) mass is 313 g/mol. The molecule has 0 unspecified atom stereocenters. The third-order valence-corrected chi connectivity index (χ3v) is 5.17. The van der Waals surface area contributed by atoms with Crippen molar-refractivity contribution in [2.45, 2.75) is 66.0 Å². The van der Waals surface area contributed by atoms with Crippen molar-refractivity contribution in [2.75, 3.05) is 32.8 Å². The minimum atomic E-state index is 0.0306. The highest BCUT2D eigenvalue weighted by atomic mass is 16.3. The highest BCUT2D eigenvalue weighted by molar-refractivity contribution is 5.74. The molecule has 2 amide bonds. The molecule has 130 valence electrons. The highest BCUT2D eigenvalue weighted by Gasteiger charge is 2.33. The molecular formula is C17H35N3O2. The number of hydrogen-bond donors (Lipinski definition) is 2. The van der Waals surface area contributed by atoms with E-state index in [9.17, 15) is 9.90 Å². The van der Waals surface area contributed by atoms with E-state index in [2.05, 4.69) is 44.8 Å². The predicted molar refractivity (Wildman–Crippen MR) is 91.0 cm³/mol. The lowest BCUT2D eigenvalue weighted by atomic mass is 9.77. The Bertz CT molecular complexity index is 323. The van der Waals surface area contributed by atoms with Gasteiger partial charge in [-0.05, 0) is 52.4 Å². The van der Waals surface area contributed by atoms with Gasteiger partial charge in [-0.1, -0.05) is 6.92 Å². The third-order valence-electron chi connectivity index (χ3n) is 5.17. The molecule has 0 aromatic carbocycles. The van der Waals surface area contributed by atoms with Crippen LogP contribution in [-0.4, -0.2) is 65.8 Å². The SMILES string of the molecule is CCC1(CO)CCN(C(=O)NCCN(C(C)C)C(C)C)CC1. The van der Waals surface area contributed by atoms with Crippen molar-refractivity contribution in [3.63, 3.8) is 0 Å². The van der Waals surface area contributed by atoms with Crippen LogP contribution in [0.25, 0.3) is 0 Å². The number of nitrogens with zero attached hydrogens (tertiary/aromatic N) is 2. The Balaban J connectivity index is 2.35. The second kappa shape index (κ2) is 8.73. The summed E-state index contributed by atoms with van der Waals surface area (Å²) in [5.41, 5.74) is 0.0306. The average molecular weight is 313 g/mol. The zero-order valence-corrected chi connectivity index (χ0v) is 15.1. The van der Waals surface area contributed by atoms with Gasteiger partial charge >= 0.3 is 6.03 Å². The molecule has 0 atom stereocenters. The standard InChI is InChI=1S/C17H35N3O2/c1-6-17(13-21)7-10-19(11-8-17)16(22)18-9-12-20(14(2)3)15(4)5/h14-15,21H,6-13H2,1-5H3,(H,18,22). The Kier molecular flexibility index (Phi) is 7.63. The fraction of sp³-hybridized carbons (Fsp3) is 0.941. The fourth-order valence-electron chi connectivity index (χ4n) is 3.32. The van der Waals surface area contributed by atoms with E-state index in [1.165, 1.54) is 0 Å². The summed E-state index contributed by atoms with van der Waals surface area (Å²) in [6.07, 6.45) is 2.78. The molecule has 1 aliphatic rings. The Morgan fingerprint density at radius 2 is 1.77 bits per heavy atom. The molecule has 0 aromatic heterocycles. The first kappa shape index (κ1) is 19.2. The number of nitrogens with one attached hydrogen (secondary N) is 1. The van der Waals surface area contributed by atoms with E-state index in [1.807, 2.05) is 4.90 Å². The number of amides is 2. The minimum absolute atomic E-state index is 0.0306. The van der Waals surface area contributed by atoms with E-state index in [1.54, 1.807) is 0 Å². The van der Waals surface area contributed by atoms with Gasteiger partial charge in [0.2, 0.25) is 0 Å². The summed E-state index contributed by atoms with van der Waals surface area (Å²) in [5, 5.41) is 12.6. The largest absolute Gasteiger partial charge is 0.396 e. The molecule has 0 aliphatic carbocycles. The van der Waals surface area contributed by atoms with Crippen molar-refractivity contribution < 1.29 is 9.90 Å². The normalized spacial score (nSPS) is 18.3. The summed E-state index contributed by atoms with van der Waals surface area (Å²) in [6.45, 7) is 14.2. The van der Waals surface area contributed by atoms with Crippen LogP contribution in [-0.2, 0) is 0 Å². The lowest BCUT2D eigenvalue weighted by Crippen LogP contribution is -2.50. The molecule has 0 bridgehead atoms. The summed E-state index contributed by atoms with van der Waals surface area (Å²) in [7, 11) is 0. The van der Waals surface area contributed by atoms with Crippen LogP contribution >= 0.6 is 0 Å². The molecule has 1 aliphatic heterocycles. The van der Waals surface area contributed by atoms with Crippen molar-refractivity contribution in [1.29, 1.82) is 0 Å². The van der Waals surface area contributed by atoms with E-state index >= 15 is 0 Å². The molecule has 1 fully saturated rings. The van der Waals surface area contributed by atoms with Crippen LogP contribution in [0.15, 0.2) is 0 Å². The van der Waals surface area contributed by atoms with Gasteiger partial charge in [0.25, 0.3) is 0 Å². The van der Waals surface area contributed by atoms with Gasteiger partial charge in [0.15, 0.2) is 0 Å².